The SMILES string of the molecule is O=C(C1=C(/C=C/c2ccc(Cl)cc2)Cc2cc(Br)ccc21)N1CCOCC1. The van der Waals surface area contributed by atoms with Crippen LogP contribution in [0.2, 0.25) is 5.02 Å². The van der Waals surface area contributed by atoms with Crippen molar-refractivity contribution in [3.63, 3.8) is 0 Å². The highest BCUT2D eigenvalue weighted by atomic mass is 79.9. The molecule has 0 aromatic heterocycles. The van der Waals surface area contributed by atoms with E-state index in [-0.39, 0.29) is 5.91 Å². The van der Waals surface area contributed by atoms with Crippen LogP contribution in [0.4, 0.5) is 0 Å². The van der Waals surface area contributed by atoms with Crippen LogP contribution in [-0.2, 0) is 16.0 Å². The molecule has 0 atom stereocenters. The van der Waals surface area contributed by atoms with Crippen molar-refractivity contribution in [1.82, 2.24) is 4.90 Å². The highest BCUT2D eigenvalue weighted by Crippen LogP contribution is 2.36. The first-order valence-electron chi connectivity index (χ1n) is 8.94. The second kappa shape index (κ2) is 8.01. The molecule has 138 valence electrons. The van der Waals surface area contributed by atoms with Gasteiger partial charge in [-0.2, -0.15) is 0 Å². The number of carbonyl (C=O) groups is 1. The van der Waals surface area contributed by atoms with Crippen LogP contribution >= 0.6 is 27.5 Å². The van der Waals surface area contributed by atoms with Crippen LogP contribution < -0.4 is 0 Å². The van der Waals surface area contributed by atoms with Gasteiger partial charge in [0.1, 0.15) is 0 Å². The number of allylic oxidation sites excluding steroid dienone is 2. The highest BCUT2D eigenvalue weighted by Gasteiger charge is 2.29. The fourth-order valence-electron chi connectivity index (χ4n) is 3.51. The molecule has 1 fully saturated rings. The number of nitrogens with zero attached hydrogens (tertiary/aromatic N) is 1. The van der Waals surface area contributed by atoms with E-state index >= 15 is 0 Å². The second-order valence-corrected chi connectivity index (χ2v) is 8.02. The molecule has 2 aromatic rings. The summed E-state index contributed by atoms with van der Waals surface area (Å²) in [6, 6.07) is 13.8. The summed E-state index contributed by atoms with van der Waals surface area (Å²) in [4.78, 5) is 15.2. The average molecular weight is 445 g/mol. The van der Waals surface area contributed by atoms with E-state index in [1.807, 2.05) is 47.4 Å². The minimum Gasteiger partial charge on any atom is -0.378 e. The molecule has 5 heteroatoms. The minimum atomic E-state index is 0.0927. The number of amides is 1. The van der Waals surface area contributed by atoms with E-state index in [9.17, 15) is 4.79 Å². The predicted octanol–water partition coefficient (Wildman–Crippen LogP) is 4.98. The van der Waals surface area contributed by atoms with Gasteiger partial charge in [-0.25, -0.2) is 0 Å². The lowest BCUT2D eigenvalue weighted by molar-refractivity contribution is -0.128. The van der Waals surface area contributed by atoms with Crippen LogP contribution in [0.3, 0.4) is 0 Å². The van der Waals surface area contributed by atoms with E-state index < -0.39 is 0 Å². The summed E-state index contributed by atoms with van der Waals surface area (Å²) in [5.74, 6) is 0.0927. The molecule has 1 aliphatic carbocycles. The van der Waals surface area contributed by atoms with Crippen LogP contribution in [0.15, 0.2) is 58.6 Å². The Morgan fingerprint density at radius 2 is 1.81 bits per heavy atom. The molecular weight excluding hydrogens is 426 g/mol. The number of halogens is 2. The first-order valence-corrected chi connectivity index (χ1v) is 10.1. The Kier molecular flexibility index (Phi) is 5.48. The fraction of sp³-hybridized carbons (Fsp3) is 0.227. The van der Waals surface area contributed by atoms with Gasteiger partial charge in [0.05, 0.1) is 18.8 Å². The maximum Gasteiger partial charge on any atom is 0.254 e. The molecule has 1 amide bonds. The quantitative estimate of drug-likeness (QED) is 0.668. The van der Waals surface area contributed by atoms with Gasteiger partial charge in [-0.15, -0.1) is 0 Å². The Labute approximate surface area is 172 Å². The Hall–Kier alpha value is -1.88. The molecule has 0 radical (unpaired) electrons. The first-order chi connectivity index (χ1) is 13.1. The molecule has 1 aliphatic heterocycles. The number of carbonyl (C=O) groups excluding carboxylic acids is 1. The molecule has 0 bridgehead atoms. The maximum absolute atomic E-state index is 13.3. The van der Waals surface area contributed by atoms with Crippen molar-refractivity contribution in [1.29, 1.82) is 0 Å². The van der Waals surface area contributed by atoms with Crippen LogP contribution in [-0.4, -0.2) is 37.1 Å². The average Bonchev–Trinajstić information content (AvgIpc) is 3.05. The van der Waals surface area contributed by atoms with E-state index in [4.69, 9.17) is 16.3 Å². The molecule has 1 heterocycles. The van der Waals surface area contributed by atoms with E-state index in [0.717, 1.165) is 33.2 Å². The molecule has 1 saturated heterocycles. The van der Waals surface area contributed by atoms with Crippen LogP contribution in [0.25, 0.3) is 11.6 Å². The second-order valence-electron chi connectivity index (χ2n) is 6.67. The van der Waals surface area contributed by atoms with E-state index in [1.54, 1.807) is 0 Å². The van der Waals surface area contributed by atoms with E-state index in [0.29, 0.717) is 31.3 Å². The van der Waals surface area contributed by atoms with Crippen LogP contribution in [0.1, 0.15) is 16.7 Å². The van der Waals surface area contributed by atoms with Gasteiger partial charge in [0.15, 0.2) is 0 Å². The largest absolute Gasteiger partial charge is 0.378 e. The monoisotopic (exact) mass is 443 g/mol. The molecule has 0 saturated carbocycles. The van der Waals surface area contributed by atoms with Gasteiger partial charge in [-0.3, -0.25) is 4.79 Å². The molecule has 27 heavy (non-hydrogen) atoms. The predicted molar refractivity (Wildman–Crippen MR) is 113 cm³/mol. The smallest absolute Gasteiger partial charge is 0.254 e. The first kappa shape index (κ1) is 18.5. The topological polar surface area (TPSA) is 29.5 Å². The number of benzene rings is 2. The third-order valence-corrected chi connectivity index (χ3v) is 5.64. The van der Waals surface area contributed by atoms with Gasteiger partial charge >= 0.3 is 0 Å². The van der Waals surface area contributed by atoms with Gasteiger partial charge in [0.25, 0.3) is 5.91 Å². The zero-order valence-electron chi connectivity index (χ0n) is 14.8. The Bertz CT molecular complexity index is 928. The van der Waals surface area contributed by atoms with Gasteiger partial charge < -0.3 is 9.64 Å². The summed E-state index contributed by atoms with van der Waals surface area (Å²) in [6.45, 7) is 2.48. The number of rotatable bonds is 3. The van der Waals surface area contributed by atoms with Gasteiger partial charge in [-0.1, -0.05) is 57.9 Å². The van der Waals surface area contributed by atoms with Crippen LogP contribution in [0, 0.1) is 0 Å². The summed E-state index contributed by atoms with van der Waals surface area (Å²) in [5.41, 5.74) is 5.13. The van der Waals surface area contributed by atoms with Gasteiger partial charge in [0, 0.05) is 22.6 Å². The summed E-state index contributed by atoms with van der Waals surface area (Å²) in [5, 5.41) is 0.715. The standard InChI is InChI=1S/C22H19BrClNO2/c23-18-5-8-20-17(14-18)13-16(4-1-15-2-6-19(24)7-3-15)21(20)22(26)25-9-11-27-12-10-25/h1-8,14H,9-13H2/b4-1+. The van der Waals surface area contributed by atoms with Crippen molar-refractivity contribution >= 4 is 45.1 Å². The van der Waals surface area contributed by atoms with Crippen LogP contribution in [0.5, 0.6) is 0 Å². The Morgan fingerprint density at radius 1 is 1.07 bits per heavy atom. The molecule has 2 aromatic carbocycles. The lowest BCUT2D eigenvalue weighted by atomic mass is 10.0. The lowest BCUT2D eigenvalue weighted by Crippen LogP contribution is -2.41. The lowest BCUT2D eigenvalue weighted by Gasteiger charge is -2.27. The molecule has 0 unspecified atom stereocenters. The summed E-state index contributed by atoms with van der Waals surface area (Å²) in [7, 11) is 0. The number of hydrogen-bond acceptors (Lipinski definition) is 2. The van der Waals surface area contributed by atoms with E-state index in [1.165, 1.54) is 5.56 Å². The molecule has 0 N–H and O–H groups in total. The minimum absolute atomic E-state index is 0.0927. The van der Waals surface area contributed by atoms with Crippen molar-refractivity contribution in [2.45, 2.75) is 6.42 Å². The number of ether oxygens (including phenoxy) is 1. The molecule has 4 rings (SSSR count). The van der Waals surface area contributed by atoms with Crippen molar-refractivity contribution in [3.05, 3.63) is 80.3 Å². The Morgan fingerprint density at radius 3 is 2.56 bits per heavy atom. The van der Waals surface area contributed by atoms with Crippen molar-refractivity contribution in [2.75, 3.05) is 26.3 Å². The van der Waals surface area contributed by atoms with Crippen molar-refractivity contribution < 1.29 is 9.53 Å². The molecule has 3 nitrogen and oxygen atoms in total. The zero-order chi connectivity index (χ0) is 18.8. The third-order valence-electron chi connectivity index (χ3n) is 4.90. The summed E-state index contributed by atoms with van der Waals surface area (Å²) >= 11 is 9.51. The number of fused-ring (bicyclic) bond motifs is 1. The maximum atomic E-state index is 13.3. The van der Waals surface area contributed by atoms with Crippen molar-refractivity contribution in [3.8, 4) is 0 Å². The molecular formula is C22H19BrClNO2. The third kappa shape index (κ3) is 4.03. The fourth-order valence-corrected chi connectivity index (χ4v) is 4.04. The van der Waals surface area contributed by atoms with Gasteiger partial charge in [-0.05, 0) is 52.9 Å². The number of morpholine rings is 1. The van der Waals surface area contributed by atoms with Gasteiger partial charge in [0.2, 0.25) is 0 Å². The summed E-state index contributed by atoms with van der Waals surface area (Å²) in [6.07, 6.45) is 4.86. The van der Waals surface area contributed by atoms with E-state index in [2.05, 4.69) is 28.1 Å². The highest BCUT2D eigenvalue weighted by molar-refractivity contribution is 9.10. The van der Waals surface area contributed by atoms with Crippen molar-refractivity contribution in [2.24, 2.45) is 0 Å². The zero-order valence-corrected chi connectivity index (χ0v) is 17.1. The molecule has 2 aliphatic rings. The normalized spacial score (nSPS) is 16.9. The number of hydrogen-bond donors (Lipinski definition) is 0. The summed E-state index contributed by atoms with van der Waals surface area (Å²) < 4.78 is 6.43. The Balaban J connectivity index is 1.70. The molecule has 0 spiro atoms.